The molecule has 4 heteroatoms. The first-order valence-electron chi connectivity index (χ1n) is 3.15. The van der Waals surface area contributed by atoms with E-state index in [1.54, 1.807) is 0 Å². The molecule has 60 valence electrons. The van der Waals surface area contributed by atoms with Crippen molar-refractivity contribution in [3.05, 3.63) is 0 Å². The lowest BCUT2D eigenvalue weighted by Gasteiger charge is -2.14. The van der Waals surface area contributed by atoms with Crippen LogP contribution in [0.3, 0.4) is 0 Å². The van der Waals surface area contributed by atoms with E-state index in [2.05, 4.69) is 0 Å². The first-order valence-corrected chi connectivity index (χ1v) is 4.30. The van der Waals surface area contributed by atoms with Gasteiger partial charge in [-0.15, -0.1) is 0 Å². The molecule has 1 heterocycles. The number of thioether (sulfide) groups is 1. The number of carbonyl (C=O) groups is 1. The quantitative estimate of drug-likeness (QED) is 0.514. The average molecular weight is 164 g/mol. The lowest BCUT2D eigenvalue weighted by atomic mass is 10.2. The van der Waals surface area contributed by atoms with Gasteiger partial charge in [-0.25, -0.2) is 0 Å². The van der Waals surface area contributed by atoms with Crippen molar-refractivity contribution in [2.45, 2.75) is 18.9 Å². The zero-order chi connectivity index (χ0) is 7.82. The van der Waals surface area contributed by atoms with Crippen LogP contribution in [0.4, 0.5) is 0 Å². The standard InChI is InChI=1S/C5H10OS.CH2O2/c6-5-1-3-7-4-2-5;2-1-3/h5-6H,1-4H2;1H,(H,2,3). The maximum absolute atomic E-state index is 8.90. The van der Waals surface area contributed by atoms with Gasteiger partial charge in [-0.3, -0.25) is 4.79 Å². The van der Waals surface area contributed by atoms with Crippen molar-refractivity contribution in [3.63, 3.8) is 0 Å². The van der Waals surface area contributed by atoms with E-state index < -0.39 is 0 Å². The minimum Gasteiger partial charge on any atom is -0.483 e. The fraction of sp³-hybridized carbons (Fsp3) is 0.833. The summed E-state index contributed by atoms with van der Waals surface area (Å²) in [5.41, 5.74) is 0. The number of hydrogen-bond donors (Lipinski definition) is 2. The summed E-state index contributed by atoms with van der Waals surface area (Å²) < 4.78 is 0. The van der Waals surface area contributed by atoms with Crippen LogP contribution in [-0.4, -0.2) is 34.3 Å². The summed E-state index contributed by atoms with van der Waals surface area (Å²) in [6.07, 6.45) is 2.02. The number of aliphatic hydroxyl groups excluding tert-OH is 1. The molecule has 0 spiro atoms. The number of rotatable bonds is 0. The molecular formula is C6H12O3S. The van der Waals surface area contributed by atoms with Crippen LogP contribution >= 0.6 is 11.8 Å². The molecule has 0 saturated carbocycles. The lowest BCUT2D eigenvalue weighted by Crippen LogP contribution is -2.13. The zero-order valence-electron chi connectivity index (χ0n) is 5.69. The first-order chi connectivity index (χ1) is 4.81. The molecule has 0 aromatic carbocycles. The van der Waals surface area contributed by atoms with Gasteiger partial charge in [0.15, 0.2) is 0 Å². The van der Waals surface area contributed by atoms with E-state index in [0.717, 1.165) is 24.3 Å². The molecule has 1 aliphatic heterocycles. The Balaban J connectivity index is 0.000000236. The molecule has 2 N–H and O–H groups in total. The van der Waals surface area contributed by atoms with Crippen molar-refractivity contribution in [2.24, 2.45) is 0 Å². The van der Waals surface area contributed by atoms with Gasteiger partial charge in [0.25, 0.3) is 6.47 Å². The molecule has 0 aromatic heterocycles. The van der Waals surface area contributed by atoms with E-state index >= 15 is 0 Å². The SMILES string of the molecule is O=CO.OC1CCSCC1. The number of carboxylic acid groups (broad SMARTS) is 1. The zero-order valence-corrected chi connectivity index (χ0v) is 6.51. The van der Waals surface area contributed by atoms with Crippen molar-refractivity contribution in [3.8, 4) is 0 Å². The third kappa shape index (κ3) is 5.91. The Labute approximate surface area is 64.4 Å². The van der Waals surface area contributed by atoms with Gasteiger partial charge in [0.05, 0.1) is 6.10 Å². The monoisotopic (exact) mass is 164 g/mol. The molecule has 0 amide bonds. The van der Waals surface area contributed by atoms with Crippen molar-refractivity contribution in [1.29, 1.82) is 0 Å². The van der Waals surface area contributed by atoms with Crippen LogP contribution < -0.4 is 0 Å². The highest BCUT2D eigenvalue weighted by Crippen LogP contribution is 2.15. The van der Waals surface area contributed by atoms with Crippen LogP contribution in [0.25, 0.3) is 0 Å². The van der Waals surface area contributed by atoms with Gasteiger partial charge >= 0.3 is 0 Å². The molecule has 0 aliphatic carbocycles. The normalized spacial score (nSPS) is 18.9. The molecule has 1 aliphatic rings. The molecule has 0 aromatic rings. The first kappa shape index (κ1) is 9.78. The third-order valence-corrected chi connectivity index (χ3v) is 2.24. The van der Waals surface area contributed by atoms with E-state index in [0.29, 0.717) is 0 Å². The third-order valence-electron chi connectivity index (χ3n) is 1.19. The largest absolute Gasteiger partial charge is 0.483 e. The summed E-state index contributed by atoms with van der Waals surface area (Å²) in [4.78, 5) is 8.36. The van der Waals surface area contributed by atoms with Gasteiger partial charge in [0, 0.05) is 0 Å². The van der Waals surface area contributed by atoms with Crippen molar-refractivity contribution in [2.75, 3.05) is 11.5 Å². The highest BCUT2D eigenvalue weighted by Gasteiger charge is 2.08. The summed E-state index contributed by atoms with van der Waals surface area (Å²) in [6.45, 7) is -0.250. The molecule has 1 fully saturated rings. The molecule has 1 saturated heterocycles. The second-order valence-corrected chi connectivity index (χ2v) is 3.17. The average Bonchev–Trinajstić information content (AvgIpc) is 1.91. The molecular weight excluding hydrogens is 152 g/mol. The Morgan fingerprint density at radius 1 is 1.40 bits per heavy atom. The van der Waals surface area contributed by atoms with Crippen molar-refractivity contribution < 1.29 is 15.0 Å². The highest BCUT2D eigenvalue weighted by molar-refractivity contribution is 7.99. The Morgan fingerprint density at radius 3 is 2.00 bits per heavy atom. The van der Waals surface area contributed by atoms with Crippen LogP contribution in [0.5, 0.6) is 0 Å². The Bertz CT molecular complexity index is 81.1. The molecule has 3 nitrogen and oxygen atoms in total. The fourth-order valence-corrected chi connectivity index (χ4v) is 1.77. The van der Waals surface area contributed by atoms with Crippen LogP contribution in [0.1, 0.15) is 12.8 Å². The van der Waals surface area contributed by atoms with Gasteiger partial charge in [-0.1, -0.05) is 0 Å². The maximum atomic E-state index is 8.90. The molecule has 0 bridgehead atoms. The Morgan fingerprint density at radius 2 is 1.80 bits per heavy atom. The van der Waals surface area contributed by atoms with Crippen LogP contribution in [0.2, 0.25) is 0 Å². The van der Waals surface area contributed by atoms with E-state index in [1.807, 2.05) is 11.8 Å². The molecule has 1 rings (SSSR count). The molecule has 0 radical (unpaired) electrons. The van der Waals surface area contributed by atoms with Gasteiger partial charge < -0.3 is 10.2 Å². The number of aliphatic hydroxyl groups is 1. The summed E-state index contributed by atoms with van der Waals surface area (Å²) in [7, 11) is 0. The highest BCUT2D eigenvalue weighted by atomic mass is 32.2. The summed E-state index contributed by atoms with van der Waals surface area (Å²) >= 11 is 1.94. The van der Waals surface area contributed by atoms with Gasteiger partial charge in [-0.2, -0.15) is 11.8 Å². The van der Waals surface area contributed by atoms with E-state index in [4.69, 9.17) is 15.0 Å². The minimum atomic E-state index is -0.250. The Kier molecular flexibility index (Phi) is 6.74. The Hall–Kier alpha value is -0.220. The van der Waals surface area contributed by atoms with Crippen LogP contribution in [0.15, 0.2) is 0 Å². The van der Waals surface area contributed by atoms with E-state index in [9.17, 15) is 0 Å². The number of hydrogen-bond acceptors (Lipinski definition) is 3. The predicted octanol–water partition coefficient (Wildman–Crippen LogP) is 0.575. The van der Waals surface area contributed by atoms with Gasteiger partial charge in [0.2, 0.25) is 0 Å². The van der Waals surface area contributed by atoms with Crippen LogP contribution in [0, 0.1) is 0 Å². The minimum absolute atomic E-state index is 0.0150. The molecule has 10 heavy (non-hydrogen) atoms. The maximum Gasteiger partial charge on any atom is 0.290 e. The topological polar surface area (TPSA) is 57.5 Å². The second kappa shape index (κ2) is 6.89. The fourth-order valence-electron chi connectivity index (χ4n) is 0.685. The second-order valence-electron chi connectivity index (χ2n) is 1.95. The van der Waals surface area contributed by atoms with Crippen molar-refractivity contribution >= 4 is 18.2 Å². The lowest BCUT2D eigenvalue weighted by molar-refractivity contribution is -0.122. The van der Waals surface area contributed by atoms with Gasteiger partial charge in [-0.05, 0) is 24.3 Å². The summed E-state index contributed by atoms with van der Waals surface area (Å²) in [6, 6.07) is 0. The van der Waals surface area contributed by atoms with E-state index in [1.165, 1.54) is 0 Å². The van der Waals surface area contributed by atoms with Crippen molar-refractivity contribution in [1.82, 2.24) is 0 Å². The van der Waals surface area contributed by atoms with Gasteiger partial charge in [0.1, 0.15) is 0 Å². The molecule has 0 atom stereocenters. The van der Waals surface area contributed by atoms with E-state index in [-0.39, 0.29) is 12.6 Å². The van der Waals surface area contributed by atoms with Crippen LogP contribution in [-0.2, 0) is 4.79 Å². The summed E-state index contributed by atoms with van der Waals surface area (Å²) in [5.74, 6) is 2.31. The smallest absolute Gasteiger partial charge is 0.290 e. The summed E-state index contributed by atoms with van der Waals surface area (Å²) in [5, 5.41) is 15.8. The molecule has 0 unspecified atom stereocenters. The predicted molar refractivity (Wildman–Crippen MR) is 41.3 cm³/mol.